The van der Waals surface area contributed by atoms with Crippen molar-refractivity contribution >= 4 is 46.9 Å². The lowest BCUT2D eigenvalue weighted by Gasteiger charge is -2.32. The second-order valence-corrected chi connectivity index (χ2v) is 15.2. The Kier molecular flexibility index (Phi) is 6.66. The Morgan fingerprint density at radius 1 is 0.543 bits per heavy atom. The number of allylic oxidation sites excluding steroid dienone is 4. The van der Waals surface area contributed by atoms with E-state index < -0.39 is 14.0 Å². The number of hydrogen-bond acceptors (Lipinski definition) is 1. The van der Waals surface area contributed by atoms with Crippen molar-refractivity contribution in [3.05, 3.63) is 140 Å². The van der Waals surface area contributed by atoms with Crippen LogP contribution in [0.4, 0.5) is 0 Å². The van der Waals surface area contributed by atoms with Crippen LogP contribution in [0.15, 0.2) is 140 Å². The molecule has 0 saturated heterocycles. The van der Waals surface area contributed by atoms with E-state index in [1.807, 2.05) is 48.5 Å². The van der Waals surface area contributed by atoms with E-state index in [2.05, 4.69) is 97.9 Å². The smallest absolute Gasteiger partial charge is 0.150 e. The lowest BCUT2D eigenvalue weighted by atomic mass is 10.0. The monoisotopic (exact) mass is 492 g/mol. The summed E-state index contributed by atoms with van der Waals surface area (Å²) in [6.07, 6.45) is 13.2. The quantitative estimate of drug-likeness (QED) is 0.308. The van der Waals surface area contributed by atoms with Gasteiger partial charge in [-0.2, -0.15) is 0 Å². The van der Waals surface area contributed by atoms with E-state index in [0.29, 0.717) is 0 Å². The third-order valence-corrected chi connectivity index (χ3v) is 14.2. The van der Waals surface area contributed by atoms with Gasteiger partial charge in [0.25, 0.3) is 0 Å². The third-order valence-electron chi connectivity index (χ3n) is 7.00. The molecule has 0 aliphatic heterocycles. The molecule has 0 saturated carbocycles. The molecule has 1 aliphatic rings. The first-order valence-electron chi connectivity index (χ1n) is 12.0. The Labute approximate surface area is 209 Å². The lowest BCUT2D eigenvalue weighted by Crippen LogP contribution is -2.31. The van der Waals surface area contributed by atoms with Crippen LogP contribution in [-0.4, -0.2) is 12.0 Å². The highest BCUT2D eigenvalue weighted by atomic mass is 31.2. The first kappa shape index (κ1) is 23.6. The van der Waals surface area contributed by atoms with Crippen LogP contribution in [0.25, 0.3) is 0 Å². The lowest BCUT2D eigenvalue weighted by molar-refractivity contribution is 0.572. The predicted octanol–water partition coefficient (Wildman–Crippen LogP) is 5.86. The Morgan fingerprint density at radius 3 is 1.40 bits per heavy atom. The minimum Gasteiger partial charge on any atom is -0.313 e. The van der Waals surface area contributed by atoms with Crippen molar-refractivity contribution in [2.24, 2.45) is 5.92 Å². The van der Waals surface area contributed by atoms with Crippen LogP contribution < -0.4 is 26.5 Å². The molecule has 0 bridgehead atoms. The molecule has 0 heterocycles. The SMILES string of the molecule is C=P(c1ccccc1)(c1ccccc1)c1ccc(P(=O)(c2ccccc2)C2C=CC=CC2C)cc1. The molecule has 3 unspecified atom stereocenters. The van der Waals surface area contributed by atoms with Crippen molar-refractivity contribution < 1.29 is 4.57 Å². The second-order valence-electron chi connectivity index (χ2n) is 9.11. The van der Waals surface area contributed by atoms with Crippen molar-refractivity contribution in [3.63, 3.8) is 0 Å². The summed E-state index contributed by atoms with van der Waals surface area (Å²) in [5.74, 6) is 0.193. The summed E-state index contributed by atoms with van der Waals surface area (Å²) in [5, 5.41) is 5.46. The van der Waals surface area contributed by atoms with Crippen LogP contribution in [0.3, 0.4) is 0 Å². The highest BCUT2D eigenvalue weighted by Gasteiger charge is 2.38. The average molecular weight is 493 g/mol. The molecule has 0 amide bonds. The summed E-state index contributed by atoms with van der Waals surface area (Å²) < 4.78 is 15.0. The second kappa shape index (κ2) is 9.87. The molecule has 3 heteroatoms. The van der Waals surface area contributed by atoms with Crippen molar-refractivity contribution in [1.29, 1.82) is 0 Å². The van der Waals surface area contributed by atoms with Gasteiger partial charge in [0, 0.05) is 16.3 Å². The fourth-order valence-electron chi connectivity index (χ4n) is 5.04. The maximum atomic E-state index is 15.0. The van der Waals surface area contributed by atoms with Crippen LogP contribution in [0.1, 0.15) is 6.92 Å². The van der Waals surface area contributed by atoms with E-state index in [4.69, 9.17) is 6.30 Å². The summed E-state index contributed by atoms with van der Waals surface area (Å²) >= 11 is 0. The largest absolute Gasteiger partial charge is 0.313 e. The van der Waals surface area contributed by atoms with E-state index >= 15 is 0 Å². The summed E-state index contributed by atoms with van der Waals surface area (Å²) in [4.78, 5) is 0. The van der Waals surface area contributed by atoms with E-state index in [0.717, 1.165) is 10.6 Å². The van der Waals surface area contributed by atoms with Crippen molar-refractivity contribution in [1.82, 2.24) is 0 Å². The van der Waals surface area contributed by atoms with Crippen molar-refractivity contribution in [2.75, 3.05) is 0 Å². The van der Waals surface area contributed by atoms with Gasteiger partial charge in [-0.15, -0.1) is 0 Å². The minimum atomic E-state index is -2.92. The maximum absolute atomic E-state index is 15.0. The molecular weight excluding hydrogens is 462 g/mol. The fourth-order valence-corrected chi connectivity index (χ4v) is 11.3. The zero-order valence-corrected chi connectivity index (χ0v) is 21.7. The normalized spacial score (nSPS) is 19.2. The van der Waals surface area contributed by atoms with Gasteiger partial charge in [0.15, 0.2) is 0 Å². The Balaban J connectivity index is 1.65. The van der Waals surface area contributed by atoms with Gasteiger partial charge in [0.1, 0.15) is 7.14 Å². The molecule has 0 aromatic heterocycles. The number of hydrogen-bond donors (Lipinski definition) is 0. The van der Waals surface area contributed by atoms with Crippen LogP contribution in [0.5, 0.6) is 0 Å². The average Bonchev–Trinajstić information content (AvgIpc) is 2.94. The predicted molar refractivity (Wildman–Crippen MR) is 157 cm³/mol. The molecule has 3 atom stereocenters. The Hall–Kier alpha value is -3.11. The zero-order chi connectivity index (χ0) is 24.3. The van der Waals surface area contributed by atoms with Gasteiger partial charge in [-0.25, -0.2) is 0 Å². The van der Waals surface area contributed by atoms with Gasteiger partial charge in [-0.05, 0) is 28.7 Å². The van der Waals surface area contributed by atoms with Gasteiger partial charge < -0.3 is 4.57 Å². The number of benzene rings is 4. The molecule has 4 aromatic carbocycles. The summed E-state index contributed by atoms with van der Waals surface area (Å²) in [7, 11) is -2.92. The summed E-state index contributed by atoms with van der Waals surface area (Å²) in [5.41, 5.74) is -0.0664. The molecular formula is C32H30OP2. The molecule has 0 N–H and O–H groups in total. The van der Waals surface area contributed by atoms with Gasteiger partial charge in [0.05, 0.1) is 0 Å². The standard InChI is InChI=1S/C32H30OP2/c1-26-14-12-13-21-32(26)35(33,30-19-10-5-11-20-30)31-24-22-29(23-25-31)34(2,27-15-6-3-7-16-27)28-17-8-4-9-18-28/h3-26,32H,2H2,1H3. The first-order chi connectivity index (χ1) is 17.0. The van der Waals surface area contributed by atoms with E-state index in [1.165, 1.54) is 15.9 Å². The van der Waals surface area contributed by atoms with E-state index in [9.17, 15) is 4.57 Å². The topological polar surface area (TPSA) is 17.1 Å². The molecule has 4 aromatic rings. The van der Waals surface area contributed by atoms with Crippen LogP contribution in [0, 0.1) is 5.92 Å². The molecule has 174 valence electrons. The van der Waals surface area contributed by atoms with Crippen LogP contribution >= 0.6 is 14.0 Å². The summed E-state index contributed by atoms with van der Waals surface area (Å²) in [6.45, 7) is 0.0790. The molecule has 1 nitrogen and oxygen atoms in total. The van der Waals surface area contributed by atoms with Crippen molar-refractivity contribution in [3.8, 4) is 0 Å². The van der Waals surface area contributed by atoms with Gasteiger partial charge in [0.2, 0.25) is 0 Å². The van der Waals surface area contributed by atoms with Gasteiger partial charge in [-0.3, -0.25) is 0 Å². The van der Waals surface area contributed by atoms with Gasteiger partial charge >= 0.3 is 0 Å². The molecule has 0 fully saturated rings. The van der Waals surface area contributed by atoms with E-state index in [-0.39, 0.29) is 11.6 Å². The highest BCUT2D eigenvalue weighted by molar-refractivity contribution is 7.93. The van der Waals surface area contributed by atoms with Gasteiger partial charge in [-0.1, -0.05) is 153 Å². The Morgan fingerprint density at radius 2 is 0.914 bits per heavy atom. The number of rotatable bonds is 6. The van der Waals surface area contributed by atoms with Crippen LogP contribution in [0.2, 0.25) is 0 Å². The molecule has 0 radical (unpaired) electrons. The first-order valence-corrected chi connectivity index (χ1v) is 15.8. The highest BCUT2D eigenvalue weighted by Crippen LogP contribution is 2.53. The fraction of sp³-hybridized carbons (Fsp3) is 0.0938. The molecule has 0 spiro atoms. The maximum Gasteiger partial charge on any atom is 0.150 e. The summed E-state index contributed by atoms with van der Waals surface area (Å²) in [6, 6.07) is 39.6. The third kappa shape index (κ3) is 4.25. The molecule has 5 rings (SSSR count). The minimum absolute atomic E-state index is 0.0664. The van der Waals surface area contributed by atoms with E-state index in [1.54, 1.807) is 0 Å². The Bertz CT molecular complexity index is 1390. The molecule has 1 aliphatic carbocycles. The van der Waals surface area contributed by atoms with Crippen molar-refractivity contribution in [2.45, 2.75) is 12.6 Å². The van der Waals surface area contributed by atoms with Crippen LogP contribution in [-0.2, 0) is 4.57 Å². The molecule has 35 heavy (non-hydrogen) atoms. The zero-order valence-electron chi connectivity index (χ0n) is 19.9.